The van der Waals surface area contributed by atoms with E-state index in [2.05, 4.69) is 15.6 Å². The lowest BCUT2D eigenvalue weighted by atomic mass is 9.72. The van der Waals surface area contributed by atoms with Gasteiger partial charge in [0.2, 0.25) is 0 Å². The van der Waals surface area contributed by atoms with Crippen molar-refractivity contribution in [2.24, 2.45) is 0 Å². The molecule has 35 heavy (non-hydrogen) atoms. The number of nitrogens with zero attached hydrogens (tertiary/aromatic N) is 1. The minimum atomic E-state index is -0.531. The zero-order valence-electron chi connectivity index (χ0n) is 19.9. The van der Waals surface area contributed by atoms with Crippen LogP contribution in [0.3, 0.4) is 0 Å². The monoisotopic (exact) mass is 469 g/mol. The first kappa shape index (κ1) is 22.7. The number of ketones is 1. The summed E-state index contributed by atoms with van der Waals surface area (Å²) in [5, 5.41) is 6.31. The number of furan rings is 1. The van der Waals surface area contributed by atoms with E-state index in [1.54, 1.807) is 19.4 Å². The third-order valence-electron chi connectivity index (χ3n) is 6.57. The molecule has 0 bridgehead atoms. The molecule has 1 amide bonds. The zero-order chi connectivity index (χ0) is 24.5. The molecule has 2 aromatic heterocycles. The van der Waals surface area contributed by atoms with Gasteiger partial charge in [-0.15, -0.1) is 0 Å². The molecule has 178 valence electrons. The summed E-state index contributed by atoms with van der Waals surface area (Å²) in [7, 11) is 1.60. The van der Waals surface area contributed by atoms with Crippen molar-refractivity contribution in [2.75, 3.05) is 12.4 Å². The maximum absolute atomic E-state index is 13.6. The average molecular weight is 470 g/mol. The largest absolute Gasteiger partial charge is 0.497 e. The number of dihydropyridines is 1. The van der Waals surface area contributed by atoms with Crippen molar-refractivity contribution >= 4 is 17.5 Å². The molecule has 5 rings (SSSR count). The summed E-state index contributed by atoms with van der Waals surface area (Å²) in [5.41, 5.74) is 4.27. The van der Waals surface area contributed by atoms with Gasteiger partial charge in [-0.1, -0.05) is 18.2 Å². The first-order chi connectivity index (χ1) is 16.9. The van der Waals surface area contributed by atoms with Gasteiger partial charge in [-0.05, 0) is 62.2 Å². The van der Waals surface area contributed by atoms with Gasteiger partial charge < -0.3 is 19.8 Å². The van der Waals surface area contributed by atoms with E-state index in [0.717, 1.165) is 22.7 Å². The van der Waals surface area contributed by atoms with Crippen LogP contribution in [0.1, 0.15) is 48.6 Å². The van der Waals surface area contributed by atoms with Crippen LogP contribution >= 0.6 is 0 Å². The van der Waals surface area contributed by atoms with E-state index in [-0.39, 0.29) is 17.6 Å². The number of aryl methyl sites for hydroxylation is 1. The predicted molar refractivity (Wildman–Crippen MR) is 132 cm³/mol. The number of benzene rings is 1. The third-order valence-corrected chi connectivity index (χ3v) is 6.57. The summed E-state index contributed by atoms with van der Waals surface area (Å²) < 4.78 is 11.1. The number of nitrogens with one attached hydrogen (secondary N) is 2. The summed E-state index contributed by atoms with van der Waals surface area (Å²) in [6.07, 6.45) is 2.58. The number of Topliss-reactive ketones (excluding diaryl/α,β-unsaturated/α-hetero) is 1. The second-order valence-electron chi connectivity index (χ2n) is 8.93. The maximum atomic E-state index is 13.6. The number of aromatic nitrogens is 1. The Bertz CT molecular complexity index is 1350. The van der Waals surface area contributed by atoms with Gasteiger partial charge in [0, 0.05) is 46.5 Å². The van der Waals surface area contributed by atoms with Gasteiger partial charge in [0.05, 0.1) is 13.4 Å². The van der Waals surface area contributed by atoms with Crippen LogP contribution in [-0.4, -0.2) is 23.8 Å². The first-order valence-corrected chi connectivity index (χ1v) is 11.6. The molecule has 1 aliphatic heterocycles. The second-order valence-corrected chi connectivity index (χ2v) is 8.93. The van der Waals surface area contributed by atoms with Gasteiger partial charge in [0.25, 0.3) is 5.91 Å². The number of carbonyl (C=O) groups excluding carboxylic acids is 2. The quantitative estimate of drug-likeness (QED) is 0.547. The molecule has 2 aliphatic rings. The Balaban J connectivity index is 1.58. The molecule has 0 saturated carbocycles. The van der Waals surface area contributed by atoms with E-state index in [0.29, 0.717) is 41.3 Å². The van der Waals surface area contributed by atoms with Crippen LogP contribution in [0.4, 0.5) is 5.82 Å². The Labute approximate surface area is 203 Å². The number of allylic oxidation sites excluding steroid dienone is 3. The number of hydrogen-bond donors (Lipinski definition) is 2. The topological polar surface area (TPSA) is 93.5 Å². The van der Waals surface area contributed by atoms with E-state index in [9.17, 15) is 9.59 Å². The lowest BCUT2D eigenvalue weighted by Crippen LogP contribution is -2.37. The molecule has 3 aromatic rings. The Morgan fingerprint density at radius 1 is 1.11 bits per heavy atom. The van der Waals surface area contributed by atoms with Crippen molar-refractivity contribution in [1.82, 2.24) is 10.3 Å². The molecule has 1 aliphatic carbocycles. The van der Waals surface area contributed by atoms with Crippen LogP contribution in [0, 0.1) is 6.92 Å². The van der Waals surface area contributed by atoms with Gasteiger partial charge in [-0.2, -0.15) is 0 Å². The van der Waals surface area contributed by atoms with E-state index < -0.39 is 5.92 Å². The fraction of sp³-hybridized carbons (Fsp3) is 0.250. The Morgan fingerprint density at radius 2 is 1.94 bits per heavy atom. The number of carbonyl (C=O) groups is 2. The second kappa shape index (κ2) is 9.25. The lowest BCUT2D eigenvalue weighted by molar-refractivity contribution is -0.116. The number of anilines is 1. The Hall–Kier alpha value is -4.13. The van der Waals surface area contributed by atoms with Gasteiger partial charge in [-0.25, -0.2) is 4.98 Å². The fourth-order valence-electron chi connectivity index (χ4n) is 5.02. The fourth-order valence-corrected chi connectivity index (χ4v) is 5.02. The minimum Gasteiger partial charge on any atom is -0.497 e. The van der Waals surface area contributed by atoms with Crippen LogP contribution in [0.5, 0.6) is 5.75 Å². The molecule has 7 nitrogen and oxygen atoms in total. The number of hydrogen-bond acceptors (Lipinski definition) is 6. The highest BCUT2D eigenvalue weighted by atomic mass is 16.5. The normalized spacial score (nSPS) is 19.8. The lowest BCUT2D eigenvalue weighted by Gasteiger charge is -2.36. The first-order valence-electron chi connectivity index (χ1n) is 11.6. The summed E-state index contributed by atoms with van der Waals surface area (Å²) >= 11 is 0. The maximum Gasteiger partial charge on any atom is 0.255 e. The third kappa shape index (κ3) is 4.37. The smallest absolute Gasteiger partial charge is 0.255 e. The van der Waals surface area contributed by atoms with Crippen LogP contribution in [0.25, 0.3) is 0 Å². The molecular formula is C28H27N3O4. The van der Waals surface area contributed by atoms with Gasteiger partial charge in [0.1, 0.15) is 17.3 Å². The van der Waals surface area contributed by atoms with Crippen LogP contribution in [-0.2, 0) is 9.59 Å². The minimum absolute atomic E-state index is 0.000509. The molecule has 0 saturated heterocycles. The predicted octanol–water partition coefficient (Wildman–Crippen LogP) is 4.99. The highest BCUT2D eigenvalue weighted by Crippen LogP contribution is 2.46. The average Bonchev–Trinajstić information content (AvgIpc) is 3.38. The van der Waals surface area contributed by atoms with Crippen LogP contribution < -0.4 is 15.4 Å². The molecule has 0 spiro atoms. The number of ether oxygens (including phenoxy) is 1. The Morgan fingerprint density at radius 3 is 2.69 bits per heavy atom. The number of methoxy groups -OCH3 is 1. The molecule has 7 heteroatoms. The van der Waals surface area contributed by atoms with Gasteiger partial charge in [-0.3, -0.25) is 9.59 Å². The SMILES string of the molecule is COc1cccc([C@H]2C(C(=O)Nc3cccc(C)n3)=C(C)NC3=C2C(=O)C[C@H](c2ccco2)C3)c1. The van der Waals surface area contributed by atoms with Crippen molar-refractivity contribution in [2.45, 2.75) is 38.5 Å². The van der Waals surface area contributed by atoms with E-state index >= 15 is 0 Å². The van der Waals surface area contributed by atoms with E-state index in [1.165, 1.54) is 0 Å². The van der Waals surface area contributed by atoms with Crippen LogP contribution in [0.15, 0.2) is 87.8 Å². The molecule has 0 fully saturated rings. The van der Waals surface area contributed by atoms with Crippen molar-refractivity contribution in [3.63, 3.8) is 0 Å². The highest BCUT2D eigenvalue weighted by molar-refractivity contribution is 6.09. The number of rotatable bonds is 5. The van der Waals surface area contributed by atoms with Crippen molar-refractivity contribution < 1.29 is 18.7 Å². The number of amides is 1. The number of pyridine rings is 1. The molecule has 3 heterocycles. The standard InChI is InChI=1S/C28H27N3O4/c1-16-7-4-11-24(29-16)31-28(33)25-17(2)30-21-14-19(23-10-6-12-35-23)15-22(32)27(21)26(25)18-8-5-9-20(13-18)34-3/h4-13,19,26,30H,14-15H2,1-3H3,(H,29,31,33)/t19-,26+/m1/s1. The summed E-state index contributed by atoms with van der Waals surface area (Å²) in [6.45, 7) is 3.74. The Kier molecular flexibility index (Phi) is 5.99. The molecule has 0 unspecified atom stereocenters. The molecule has 2 atom stereocenters. The van der Waals surface area contributed by atoms with E-state index in [1.807, 2.05) is 62.4 Å². The molecule has 0 radical (unpaired) electrons. The summed E-state index contributed by atoms with van der Waals surface area (Å²) in [5.74, 6) is 1.05. The van der Waals surface area contributed by atoms with Gasteiger partial charge in [0.15, 0.2) is 5.78 Å². The molecule has 1 aromatic carbocycles. The zero-order valence-corrected chi connectivity index (χ0v) is 19.9. The summed E-state index contributed by atoms with van der Waals surface area (Å²) in [4.78, 5) is 31.7. The molecular weight excluding hydrogens is 442 g/mol. The highest BCUT2D eigenvalue weighted by Gasteiger charge is 2.41. The van der Waals surface area contributed by atoms with Crippen molar-refractivity contribution in [1.29, 1.82) is 0 Å². The van der Waals surface area contributed by atoms with E-state index in [4.69, 9.17) is 9.15 Å². The van der Waals surface area contributed by atoms with Crippen molar-refractivity contribution in [3.8, 4) is 5.75 Å². The van der Waals surface area contributed by atoms with Crippen LogP contribution in [0.2, 0.25) is 0 Å². The van der Waals surface area contributed by atoms with Gasteiger partial charge >= 0.3 is 0 Å². The van der Waals surface area contributed by atoms with Crippen molar-refractivity contribution in [3.05, 3.63) is 100 Å². The summed E-state index contributed by atoms with van der Waals surface area (Å²) in [6, 6.07) is 16.8. The molecule has 2 N–H and O–H groups in total.